The van der Waals surface area contributed by atoms with Gasteiger partial charge in [0.2, 0.25) is 0 Å². The van der Waals surface area contributed by atoms with Gasteiger partial charge in [-0.1, -0.05) is 37.3 Å². The SMILES string of the molecule is CCc1ccc(COc2cc(CCl)ccc2OC)cc1. The lowest BCUT2D eigenvalue weighted by Gasteiger charge is -2.12. The molecule has 0 saturated carbocycles. The van der Waals surface area contributed by atoms with Crippen LogP contribution in [0.15, 0.2) is 42.5 Å². The number of ether oxygens (including phenoxy) is 2. The van der Waals surface area contributed by atoms with Crippen molar-refractivity contribution in [1.82, 2.24) is 0 Å². The quantitative estimate of drug-likeness (QED) is 0.725. The van der Waals surface area contributed by atoms with Gasteiger partial charge in [-0.2, -0.15) is 0 Å². The number of benzene rings is 2. The molecule has 0 atom stereocenters. The molecule has 20 heavy (non-hydrogen) atoms. The van der Waals surface area contributed by atoms with Crippen molar-refractivity contribution in [2.45, 2.75) is 25.8 Å². The molecule has 2 aromatic carbocycles. The Hall–Kier alpha value is -1.67. The highest BCUT2D eigenvalue weighted by Gasteiger charge is 2.06. The van der Waals surface area contributed by atoms with E-state index < -0.39 is 0 Å². The number of hydrogen-bond acceptors (Lipinski definition) is 2. The van der Waals surface area contributed by atoms with Gasteiger partial charge in [0, 0.05) is 5.88 Å². The molecule has 0 aliphatic heterocycles. The summed E-state index contributed by atoms with van der Waals surface area (Å²) in [5.74, 6) is 1.92. The van der Waals surface area contributed by atoms with Gasteiger partial charge < -0.3 is 9.47 Å². The molecule has 2 rings (SSSR count). The number of halogens is 1. The molecule has 0 aromatic heterocycles. The highest BCUT2D eigenvalue weighted by molar-refractivity contribution is 6.17. The number of rotatable bonds is 6. The Kier molecular flexibility index (Phi) is 5.31. The van der Waals surface area contributed by atoms with E-state index in [1.54, 1.807) is 7.11 Å². The highest BCUT2D eigenvalue weighted by Crippen LogP contribution is 2.29. The topological polar surface area (TPSA) is 18.5 Å². The third-order valence-electron chi connectivity index (χ3n) is 3.21. The zero-order valence-corrected chi connectivity index (χ0v) is 12.6. The molecule has 0 unspecified atom stereocenters. The molecule has 2 nitrogen and oxygen atoms in total. The maximum Gasteiger partial charge on any atom is 0.161 e. The number of alkyl halides is 1. The monoisotopic (exact) mass is 290 g/mol. The summed E-state index contributed by atoms with van der Waals surface area (Å²) in [4.78, 5) is 0. The molecule has 3 heteroatoms. The fourth-order valence-electron chi connectivity index (χ4n) is 1.95. The van der Waals surface area contributed by atoms with E-state index in [-0.39, 0.29) is 0 Å². The van der Waals surface area contributed by atoms with Crippen LogP contribution in [0.25, 0.3) is 0 Å². The van der Waals surface area contributed by atoms with Crippen LogP contribution in [-0.2, 0) is 18.9 Å². The number of methoxy groups -OCH3 is 1. The van der Waals surface area contributed by atoms with Crippen molar-refractivity contribution in [2.24, 2.45) is 0 Å². The number of hydrogen-bond donors (Lipinski definition) is 0. The molecule has 106 valence electrons. The molecule has 0 bridgehead atoms. The minimum atomic E-state index is 0.464. The largest absolute Gasteiger partial charge is 0.493 e. The van der Waals surface area contributed by atoms with Crippen LogP contribution >= 0.6 is 11.6 Å². The fraction of sp³-hybridized carbons (Fsp3) is 0.294. The van der Waals surface area contributed by atoms with Gasteiger partial charge in [-0.05, 0) is 35.2 Å². The first-order valence-corrected chi connectivity index (χ1v) is 7.23. The predicted molar refractivity (Wildman–Crippen MR) is 82.7 cm³/mol. The first kappa shape index (κ1) is 14.7. The van der Waals surface area contributed by atoms with Crippen molar-refractivity contribution < 1.29 is 9.47 Å². The lowest BCUT2D eigenvalue weighted by Crippen LogP contribution is -1.98. The van der Waals surface area contributed by atoms with E-state index in [2.05, 4.69) is 31.2 Å². The molecule has 0 saturated heterocycles. The van der Waals surface area contributed by atoms with Crippen molar-refractivity contribution in [3.8, 4) is 11.5 Å². The van der Waals surface area contributed by atoms with Gasteiger partial charge in [-0.3, -0.25) is 0 Å². The van der Waals surface area contributed by atoms with Gasteiger partial charge >= 0.3 is 0 Å². The standard InChI is InChI=1S/C17H19ClO2/c1-3-13-4-6-14(7-5-13)12-20-17-10-15(11-18)8-9-16(17)19-2/h4-10H,3,11-12H2,1-2H3. The van der Waals surface area contributed by atoms with Gasteiger partial charge in [-0.25, -0.2) is 0 Å². The number of aryl methyl sites for hydroxylation is 1. The maximum absolute atomic E-state index is 5.85. The Morgan fingerprint density at radius 3 is 2.15 bits per heavy atom. The van der Waals surface area contributed by atoms with E-state index in [1.165, 1.54) is 5.56 Å². The van der Waals surface area contributed by atoms with Crippen LogP contribution in [0.3, 0.4) is 0 Å². The van der Waals surface area contributed by atoms with Gasteiger partial charge in [0.25, 0.3) is 0 Å². The van der Waals surface area contributed by atoms with E-state index in [0.29, 0.717) is 12.5 Å². The van der Waals surface area contributed by atoms with Crippen molar-refractivity contribution in [2.75, 3.05) is 7.11 Å². The predicted octanol–water partition coefficient (Wildman–Crippen LogP) is 4.58. The first-order valence-electron chi connectivity index (χ1n) is 6.70. The summed E-state index contributed by atoms with van der Waals surface area (Å²) in [6, 6.07) is 14.2. The normalized spacial score (nSPS) is 10.3. The van der Waals surface area contributed by atoms with Gasteiger partial charge in [0.1, 0.15) is 6.61 Å². The van der Waals surface area contributed by atoms with Crippen LogP contribution in [0.1, 0.15) is 23.6 Å². The maximum atomic E-state index is 5.85. The smallest absolute Gasteiger partial charge is 0.161 e. The van der Waals surface area contributed by atoms with E-state index in [9.17, 15) is 0 Å². The molecule has 0 fully saturated rings. The van der Waals surface area contributed by atoms with Crippen LogP contribution in [0.5, 0.6) is 11.5 Å². The van der Waals surface area contributed by atoms with Crippen molar-refractivity contribution in [1.29, 1.82) is 0 Å². The second-order valence-electron chi connectivity index (χ2n) is 4.58. The van der Waals surface area contributed by atoms with Gasteiger partial charge in [0.05, 0.1) is 7.11 Å². The zero-order valence-electron chi connectivity index (χ0n) is 11.9. The molecule has 0 radical (unpaired) electrons. The summed E-state index contributed by atoms with van der Waals surface area (Å²) >= 11 is 5.85. The van der Waals surface area contributed by atoms with Crippen molar-refractivity contribution >= 4 is 11.6 Å². The lowest BCUT2D eigenvalue weighted by molar-refractivity contribution is 0.284. The zero-order chi connectivity index (χ0) is 14.4. The molecule has 0 aliphatic carbocycles. The molecule has 0 amide bonds. The van der Waals surface area contributed by atoms with Gasteiger partial charge in [-0.15, -0.1) is 11.6 Å². The summed E-state index contributed by atoms with van der Waals surface area (Å²) in [5.41, 5.74) is 3.49. The van der Waals surface area contributed by atoms with E-state index in [0.717, 1.165) is 29.0 Å². The molecule has 0 heterocycles. The fourth-order valence-corrected chi connectivity index (χ4v) is 2.12. The van der Waals surface area contributed by atoms with Gasteiger partial charge in [0.15, 0.2) is 11.5 Å². The molecular formula is C17H19ClO2. The molecule has 0 aliphatic rings. The Morgan fingerprint density at radius 2 is 1.55 bits per heavy atom. The summed E-state index contributed by atoms with van der Waals surface area (Å²) in [6.07, 6.45) is 1.05. The Balaban J connectivity index is 2.08. The summed E-state index contributed by atoms with van der Waals surface area (Å²) in [6.45, 7) is 2.67. The third kappa shape index (κ3) is 3.67. The van der Waals surface area contributed by atoms with Crippen LogP contribution in [0.2, 0.25) is 0 Å². The minimum absolute atomic E-state index is 0.464. The first-order chi connectivity index (χ1) is 9.76. The molecule has 2 aromatic rings. The van der Waals surface area contributed by atoms with Crippen LogP contribution in [-0.4, -0.2) is 7.11 Å². The van der Waals surface area contributed by atoms with Crippen molar-refractivity contribution in [3.63, 3.8) is 0 Å². The third-order valence-corrected chi connectivity index (χ3v) is 3.52. The van der Waals surface area contributed by atoms with Crippen LogP contribution < -0.4 is 9.47 Å². The second-order valence-corrected chi connectivity index (χ2v) is 4.84. The Bertz CT molecular complexity index is 549. The summed E-state index contributed by atoms with van der Waals surface area (Å²) in [7, 11) is 1.64. The van der Waals surface area contributed by atoms with Crippen LogP contribution in [0.4, 0.5) is 0 Å². The lowest BCUT2D eigenvalue weighted by atomic mass is 10.1. The second kappa shape index (κ2) is 7.20. The van der Waals surface area contributed by atoms with E-state index >= 15 is 0 Å². The molecule has 0 spiro atoms. The minimum Gasteiger partial charge on any atom is -0.493 e. The molecular weight excluding hydrogens is 272 g/mol. The highest BCUT2D eigenvalue weighted by atomic mass is 35.5. The average Bonchev–Trinajstić information content (AvgIpc) is 2.53. The Morgan fingerprint density at radius 1 is 0.900 bits per heavy atom. The average molecular weight is 291 g/mol. The summed E-state index contributed by atoms with van der Waals surface area (Å²) < 4.78 is 11.1. The van der Waals surface area contributed by atoms with E-state index in [1.807, 2.05) is 18.2 Å². The van der Waals surface area contributed by atoms with Crippen LogP contribution in [0, 0.1) is 0 Å². The van der Waals surface area contributed by atoms with Crippen molar-refractivity contribution in [3.05, 3.63) is 59.2 Å². The Labute approximate surface area is 125 Å². The summed E-state index contributed by atoms with van der Waals surface area (Å²) in [5, 5.41) is 0. The van der Waals surface area contributed by atoms with E-state index in [4.69, 9.17) is 21.1 Å². The molecule has 0 N–H and O–H groups in total.